The van der Waals surface area contributed by atoms with Gasteiger partial charge in [0.1, 0.15) is 17.6 Å². The van der Waals surface area contributed by atoms with Crippen LogP contribution in [0.25, 0.3) is 0 Å². The fourth-order valence-electron chi connectivity index (χ4n) is 3.43. The van der Waals surface area contributed by atoms with Gasteiger partial charge in [-0.05, 0) is 35.0 Å². The molecule has 0 aliphatic carbocycles. The predicted molar refractivity (Wildman–Crippen MR) is 125 cm³/mol. The van der Waals surface area contributed by atoms with Crippen LogP contribution < -0.4 is 20.8 Å². The van der Waals surface area contributed by atoms with Crippen LogP contribution in [-0.2, 0) is 4.79 Å². The molecule has 1 atom stereocenters. The van der Waals surface area contributed by atoms with Crippen molar-refractivity contribution in [1.29, 1.82) is 0 Å². The Hall–Kier alpha value is -3.66. The van der Waals surface area contributed by atoms with Gasteiger partial charge in [0.05, 0.1) is 21.3 Å². The Balaban J connectivity index is 1.94. The highest BCUT2D eigenvalue weighted by atomic mass is 28.3. The third kappa shape index (κ3) is 5.40. The fourth-order valence-corrected chi connectivity index (χ4v) is 4.80. The second-order valence-electron chi connectivity index (χ2n) is 8.60. The number of hydrogen-bond donors (Lipinski definition) is 2. The number of rotatable bonds is 7. The second kappa shape index (κ2) is 9.45. The number of aromatic nitrogens is 1. The van der Waals surface area contributed by atoms with Crippen molar-refractivity contribution < 1.29 is 23.2 Å². The van der Waals surface area contributed by atoms with Crippen LogP contribution in [-0.4, -0.2) is 44.1 Å². The average Bonchev–Trinajstić information content (AvgIpc) is 3.19. The molecule has 0 saturated heterocycles. The van der Waals surface area contributed by atoms with E-state index >= 15 is 0 Å². The van der Waals surface area contributed by atoms with Crippen molar-refractivity contribution in [2.24, 2.45) is 0 Å². The molecule has 0 unspecified atom stereocenters. The Bertz CT molecular complexity index is 1210. The van der Waals surface area contributed by atoms with Crippen molar-refractivity contribution in [3.63, 3.8) is 0 Å². The summed E-state index contributed by atoms with van der Waals surface area (Å²) in [7, 11) is 1.05. The number of anilines is 1. The number of aromatic amines is 1. The number of halogens is 1. The molecule has 174 valence electrons. The standard InChI is InChI=1S/C23H26FN3O5Si/c1-27(23(30)18-13-20(28)26-32-18)21(14-6-9-16(31-2)10-7-14)22(29)25-15-8-11-19(17(24)12-15)33(3,4)5/h6-13,21H,1-5H3,(H,25,29)(H,26,28)/t21-/m1/s1. The molecule has 1 aromatic heterocycles. The number of carbonyl (C=O) groups is 2. The highest BCUT2D eigenvalue weighted by molar-refractivity contribution is 6.88. The maximum atomic E-state index is 14.7. The summed E-state index contributed by atoms with van der Waals surface area (Å²) in [5.74, 6) is -1.28. The summed E-state index contributed by atoms with van der Waals surface area (Å²) in [5.41, 5.74) is 0.184. The molecule has 0 saturated carbocycles. The van der Waals surface area contributed by atoms with Gasteiger partial charge in [-0.2, -0.15) is 5.16 Å². The molecule has 0 aliphatic heterocycles. The lowest BCUT2D eigenvalue weighted by Gasteiger charge is -2.27. The number of carbonyl (C=O) groups excluding carboxylic acids is 2. The molecule has 2 aromatic carbocycles. The van der Waals surface area contributed by atoms with Crippen molar-refractivity contribution in [2.75, 3.05) is 19.5 Å². The van der Waals surface area contributed by atoms with Gasteiger partial charge in [0.25, 0.3) is 17.4 Å². The lowest BCUT2D eigenvalue weighted by Crippen LogP contribution is -2.40. The number of H-pyrrole nitrogens is 1. The van der Waals surface area contributed by atoms with Crippen LogP contribution in [0.3, 0.4) is 0 Å². The largest absolute Gasteiger partial charge is 0.497 e. The molecule has 0 aliphatic rings. The topological polar surface area (TPSA) is 105 Å². The number of amides is 2. The van der Waals surface area contributed by atoms with Crippen molar-refractivity contribution in [2.45, 2.75) is 25.7 Å². The molecule has 1 heterocycles. The molecule has 8 nitrogen and oxygen atoms in total. The summed E-state index contributed by atoms with van der Waals surface area (Å²) in [4.78, 5) is 38.7. The van der Waals surface area contributed by atoms with Crippen LogP contribution in [0.15, 0.2) is 57.8 Å². The van der Waals surface area contributed by atoms with Gasteiger partial charge in [0.2, 0.25) is 5.76 Å². The maximum absolute atomic E-state index is 14.7. The van der Waals surface area contributed by atoms with E-state index in [1.807, 2.05) is 19.6 Å². The number of ether oxygens (including phenoxy) is 1. The Morgan fingerprint density at radius 3 is 2.30 bits per heavy atom. The molecule has 0 radical (unpaired) electrons. The molecule has 10 heteroatoms. The number of hydrogen-bond acceptors (Lipinski definition) is 5. The molecule has 2 N–H and O–H groups in total. The third-order valence-corrected chi connectivity index (χ3v) is 7.19. The zero-order chi connectivity index (χ0) is 24.3. The Morgan fingerprint density at radius 1 is 1.12 bits per heavy atom. The van der Waals surface area contributed by atoms with Gasteiger partial charge >= 0.3 is 0 Å². The monoisotopic (exact) mass is 471 g/mol. The zero-order valence-corrected chi connectivity index (χ0v) is 20.1. The summed E-state index contributed by atoms with van der Waals surface area (Å²) in [6.07, 6.45) is 0. The maximum Gasteiger partial charge on any atom is 0.293 e. The van der Waals surface area contributed by atoms with E-state index in [1.165, 1.54) is 20.2 Å². The zero-order valence-electron chi connectivity index (χ0n) is 19.1. The smallest absolute Gasteiger partial charge is 0.293 e. The summed E-state index contributed by atoms with van der Waals surface area (Å²) in [5, 5.41) is 5.40. The molecular formula is C23H26FN3O5Si. The first-order valence-electron chi connectivity index (χ1n) is 10.2. The Kier molecular flexibility index (Phi) is 6.87. The molecular weight excluding hydrogens is 445 g/mol. The van der Waals surface area contributed by atoms with E-state index in [2.05, 4.69) is 10.5 Å². The molecule has 2 amide bonds. The predicted octanol–water partition coefficient (Wildman–Crippen LogP) is 3.11. The van der Waals surface area contributed by atoms with Crippen LogP contribution in [0.5, 0.6) is 5.75 Å². The van der Waals surface area contributed by atoms with Crippen molar-refractivity contribution in [3.8, 4) is 5.75 Å². The summed E-state index contributed by atoms with van der Waals surface area (Å²) in [6.45, 7) is 6.09. The quantitative estimate of drug-likeness (QED) is 0.515. The molecule has 0 bridgehead atoms. The minimum atomic E-state index is -1.88. The van der Waals surface area contributed by atoms with Gasteiger partial charge in [0.15, 0.2) is 0 Å². The van der Waals surface area contributed by atoms with Crippen LogP contribution in [0.2, 0.25) is 19.6 Å². The van der Waals surface area contributed by atoms with Crippen molar-refractivity contribution in [1.82, 2.24) is 10.1 Å². The van der Waals surface area contributed by atoms with Gasteiger partial charge in [-0.3, -0.25) is 14.4 Å². The van der Waals surface area contributed by atoms with Gasteiger partial charge in [0, 0.05) is 12.7 Å². The highest BCUT2D eigenvalue weighted by Gasteiger charge is 2.31. The second-order valence-corrected chi connectivity index (χ2v) is 13.6. The van der Waals surface area contributed by atoms with Crippen LogP contribution in [0, 0.1) is 5.82 Å². The van der Waals surface area contributed by atoms with E-state index in [0.717, 1.165) is 11.0 Å². The Morgan fingerprint density at radius 2 is 1.79 bits per heavy atom. The van der Waals surface area contributed by atoms with Gasteiger partial charge in [-0.25, -0.2) is 4.39 Å². The number of likely N-dealkylation sites (N-methyl/N-ethyl adjacent to an activating group) is 1. The van der Waals surface area contributed by atoms with E-state index in [1.54, 1.807) is 36.4 Å². The van der Waals surface area contributed by atoms with Gasteiger partial charge < -0.3 is 19.5 Å². The minimum absolute atomic E-state index is 0.237. The lowest BCUT2D eigenvalue weighted by molar-refractivity contribution is -0.120. The fraction of sp³-hybridized carbons (Fsp3) is 0.261. The van der Waals surface area contributed by atoms with Crippen LogP contribution in [0.4, 0.5) is 10.1 Å². The summed E-state index contributed by atoms with van der Waals surface area (Å²) >= 11 is 0. The third-order valence-electron chi connectivity index (χ3n) is 5.17. The molecule has 0 fully saturated rings. The van der Waals surface area contributed by atoms with E-state index in [0.29, 0.717) is 16.5 Å². The number of benzene rings is 2. The number of methoxy groups -OCH3 is 1. The van der Waals surface area contributed by atoms with Crippen molar-refractivity contribution >= 4 is 30.8 Å². The Labute approximate surface area is 191 Å². The SMILES string of the molecule is COc1ccc([C@H](C(=O)Nc2ccc([Si](C)(C)C)c(F)c2)N(C)C(=O)c2cc(=O)[nH]o2)cc1. The lowest BCUT2D eigenvalue weighted by atomic mass is 10.0. The normalized spacial score (nSPS) is 12.2. The van der Waals surface area contributed by atoms with E-state index in [4.69, 9.17) is 9.26 Å². The molecule has 3 aromatic rings. The average molecular weight is 472 g/mol. The number of nitrogens with one attached hydrogen (secondary N) is 2. The molecule has 0 spiro atoms. The minimum Gasteiger partial charge on any atom is -0.497 e. The molecule has 3 rings (SSSR count). The van der Waals surface area contributed by atoms with Crippen molar-refractivity contribution in [3.05, 3.63) is 76.0 Å². The summed E-state index contributed by atoms with van der Waals surface area (Å²) in [6, 6.07) is 11.1. The number of nitrogens with zero attached hydrogens (tertiary/aromatic N) is 1. The van der Waals surface area contributed by atoms with E-state index < -0.39 is 31.5 Å². The summed E-state index contributed by atoms with van der Waals surface area (Å²) < 4.78 is 24.7. The van der Waals surface area contributed by atoms with Gasteiger partial charge in [-0.15, -0.1) is 0 Å². The highest BCUT2D eigenvalue weighted by Crippen LogP contribution is 2.26. The first-order valence-corrected chi connectivity index (χ1v) is 13.7. The van der Waals surface area contributed by atoms with Gasteiger partial charge in [-0.1, -0.05) is 37.8 Å². The van der Waals surface area contributed by atoms with E-state index in [-0.39, 0.29) is 17.3 Å². The van der Waals surface area contributed by atoms with Crippen LogP contribution in [0.1, 0.15) is 22.2 Å². The van der Waals surface area contributed by atoms with E-state index in [9.17, 15) is 18.8 Å². The van der Waals surface area contributed by atoms with Crippen LogP contribution >= 0.6 is 0 Å². The molecule has 33 heavy (non-hydrogen) atoms. The first kappa shape index (κ1) is 24.0. The first-order chi connectivity index (χ1) is 15.5.